The third-order valence-electron chi connectivity index (χ3n) is 2.11. The maximum absolute atomic E-state index is 5.29. The van der Waals surface area contributed by atoms with Crippen LogP contribution in [0.2, 0.25) is 0 Å². The summed E-state index contributed by atoms with van der Waals surface area (Å²) in [6, 6.07) is 0. The number of hydrogen-bond acceptors (Lipinski definition) is 3. The molecule has 0 amide bonds. The number of allylic oxidation sites excluding steroid dienone is 1. The SMILES string of the molecule is COC1CN(C)C=C(C)N1C. The molecule has 11 heavy (non-hydrogen) atoms. The molecule has 0 aromatic heterocycles. The van der Waals surface area contributed by atoms with E-state index in [9.17, 15) is 0 Å². The molecule has 3 heteroatoms. The summed E-state index contributed by atoms with van der Waals surface area (Å²) in [6.45, 7) is 3.02. The molecule has 1 heterocycles. The first-order chi connectivity index (χ1) is 5.15. The van der Waals surface area contributed by atoms with Crippen molar-refractivity contribution in [1.29, 1.82) is 0 Å². The highest BCUT2D eigenvalue weighted by Gasteiger charge is 2.19. The van der Waals surface area contributed by atoms with Crippen LogP contribution in [0, 0.1) is 0 Å². The average Bonchev–Trinajstić information content (AvgIpc) is 1.96. The zero-order valence-corrected chi connectivity index (χ0v) is 7.66. The van der Waals surface area contributed by atoms with Gasteiger partial charge in [-0.3, -0.25) is 0 Å². The first-order valence-corrected chi connectivity index (χ1v) is 3.79. The molecule has 1 aliphatic heterocycles. The molecule has 0 N–H and O–H groups in total. The van der Waals surface area contributed by atoms with Crippen molar-refractivity contribution in [2.24, 2.45) is 0 Å². The van der Waals surface area contributed by atoms with E-state index in [0.29, 0.717) is 0 Å². The minimum Gasteiger partial charge on any atom is -0.375 e. The van der Waals surface area contributed by atoms with Gasteiger partial charge in [0.15, 0.2) is 0 Å². The molecule has 1 rings (SSSR count). The van der Waals surface area contributed by atoms with Gasteiger partial charge >= 0.3 is 0 Å². The van der Waals surface area contributed by atoms with Crippen LogP contribution in [0.1, 0.15) is 6.92 Å². The molecule has 0 bridgehead atoms. The topological polar surface area (TPSA) is 15.7 Å². The van der Waals surface area contributed by atoms with E-state index in [1.165, 1.54) is 5.70 Å². The Morgan fingerprint density at radius 2 is 2.18 bits per heavy atom. The lowest BCUT2D eigenvalue weighted by atomic mass is 10.3. The predicted molar refractivity (Wildman–Crippen MR) is 44.9 cm³/mol. The maximum atomic E-state index is 5.29. The van der Waals surface area contributed by atoms with Crippen LogP contribution in [0.25, 0.3) is 0 Å². The van der Waals surface area contributed by atoms with Crippen molar-refractivity contribution in [3.8, 4) is 0 Å². The van der Waals surface area contributed by atoms with E-state index in [-0.39, 0.29) is 6.23 Å². The van der Waals surface area contributed by atoms with Crippen molar-refractivity contribution >= 4 is 0 Å². The van der Waals surface area contributed by atoms with Gasteiger partial charge in [0.2, 0.25) is 0 Å². The van der Waals surface area contributed by atoms with Gasteiger partial charge in [0, 0.05) is 33.1 Å². The zero-order valence-electron chi connectivity index (χ0n) is 7.66. The van der Waals surface area contributed by atoms with Gasteiger partial charge in [-0.2, -0.15) is 0 Å². The van der Waals surface area contributed by atoms with E-state index in [1.807, 2.05) is 7.05 Å². The van der Waals surface area contributed by atoms with Crippen LogP contribution in [0.3, 0.4) is 0 Å². The number of hydrogen-bond donors (Lipinski definition) is 0. The molecule has 0 spiro atoms. The van der Waals surface area contributed by atoms with Gasteiger partial charge in [-0.15, -0.1) is 0 Å². The zero-order chi connectivity index (χ0) is 8.43. The second kappa shape index (κ2) is 3.13. The summed E-state index contributed by atoms with van der Waals surface area (Å²) in [5.41, 5.74) is 1.24. The van der Waals surface area contributed by atoms with Gasteiger partial charge in [-0.25, -0.2) is 0 Å². The van der Waals surface area contributed by atoms with Gasteiger partial charge in [0.1, 0.15) is 6.23 Å². The minimum atomic E-state index is 0.199. The second-order valence-corrected chi connectivity index (χ2v) is 3.01. The van der Waals surface area contributed by atoms with Crippen LogP contribution in [-0.4, -0.2) is 43.8 Å². The quantitative estimate of drug-likeness (QED) is 0.555. The summed E-state index contributed by atoms with van der Waals surface area (Å²) < 4.78 is 5.29. The number of likely N-dealkylation sites (N-methyl/N-ethyl adjacent to an activating group) is 2. The maximum Gasteiger partial charge on any atom is 0.146 e. The van der Waals surface area contributed by atoms with Crippen LogP contribution >= 0.6 is 0 Å². The lowest BCUT2D eigenvalue weighted by Crippen LogP contribution is -2.43. The predicted octanol–water partition coefficient (Wildman–Crippen LogP) is 0.697. The van der Waals surface area contributed by atoms with Crippen LogP contribution in [0.4, 0.5) is 0 Å². The molecule has 1 atom stereocenters. The van der Waals surface area contributed by atoms with E-state index in [2.05, 4.69) is 30.0 Å². The van der Waals surface area contributed by atoms with E-state index < -0.39 is 0 Å². The normalized spacial score (nSPS) is 25.5. The van der Waals surface area contributed by atoms with Crippen molar-refractivity contribution in [3.63, 3.8) is 0 Å². The molecule has 1 aliphatic rings. The fourth-order valence-electron chi connectivity index (χ4n) is 1.29. The van der Waals surface area contributed by atoms with Gasteiger partial charge < -0.3 is 14.5 Å². The van der Waals surface area contributed by atoms with Gasteiger partial charge in [0.05, 0.1) is 6.54 Å². The van der Waals surface area contributed by atoms with Crippen LogP contribution in [0.5, 0.6) is 0 Å². The Balaban J connectivity index is 2.69. The standard InChI is InChI=1S/C8H16N2O/c1-7-5-9(2)6-8(11-4)10(7)3/h5,8H,6H2,1-4H3. The molecule has 0 saturated heterocycles. The van der Waals surface area contributed by atoms with E-state index in [0.717, 1.165) is 6.54 Å². The summed E-state index contributed by atoms with van der Waals surface area (Å²) in [6.07, 6.45) is 2.32. The first kappa shape index (κ1) is 8.40. The number of ether oxygens (including phenoxy) is 1. The molecule has 0 radical (unpaired) electrons. The van der Waals surface area contributed by atoms with Crippen LogP contribution in [-0.2, 0) is 4.74 Å². The van der Waals surface area contributed by atoms with E-state index in [4.69, 9.17) is 4.74 Å². The Kier molecular flexibility index (Phi) is 2.39. The first-order valence-electron chi connectivity index (χ1n) is 3.79. The molecule has 64 valence electrons. The van der Waals surface area contributed by atoms with E-state index >= 15 is 0 Å². The van der Waals surface area contributed by atoms with Gasteiger partial charge in [0.25, 0.3) is 0 Å². The Hall–Kier alpha value is -0.700. The average molecular weight is 156 g/mol. The smallest absolute Gasteiger partial charge is 0.146 e. The summed E-state index contributed by atoms with van der Waals surface area (Å²) in [5.74, 6) is 0. The highest BCUT2D eigenvalue weighted by molar-refractivity contribution is 5.00. The van der Waals surface area contributed by atoms with Crippen molar-refractivity contribution in [2.75, 3.05) is 27.7 Å². The molecular formula is C8H16N2O. The molecule has 1 unspecified atom stereocenters. The molecular weight excluding hydrogens is 140 g/mol. The third-order valence-corrected chi connectivity index (χ3v) is 2.11. The minimum absolute atomic E-state index is 0.199. The molecule has 0 fully saturated rings. The lowest BCUT2D eigenvalue weighted by molar-refractivity contribution is -0.0233. The number of rotatable bonds is 1. The molecule has 0 saturated carbocycles. The van der Waals surface area contributed by atoms with Gasteiger partial charge in [-0.1, -0.05) is 0 Å². The third kappa shape index (κ3) is 1.66. The summed E-state index contributed by atoms with van der Waals surface area (Å²) in [4.78, 5) is 4.28. The van der Waals surface area contributed by atoms with Crippen LogP contribution < -0.4 is 0 Å². The monoisotopic (exact) mass is 156 g/mol. The van der Waals surface area contributed by atoms with Crippen LogP contribution in [0.15, 0.2) is 11.9 Å². The Morgan fingerprint density at radius 3 is 2.73 bits per heavy atom. The number of nitrogens with zero attached hydrogens (tertiary/aromatic N) is 2. The van der Waals surface area contributed by atoms with Crippen molar-refractivity contribution < 1.29 is 4.74 Å². The Labute approximate surface area is 68.2 Å². The lowest BCUT2D eigenvalue weighted by Gasteiger charge is -2.37. The highest BCUT2D eigenvalue weighted by atomic mass is 16.5. The summed E-state index contributed by atoms with van der Waals surface area (Å²) in [5, 5.41) is 0. The fraction of sp³-hybridized carbons (Fsp3) is 0.750. The highest BCUT2D eigenvalue weighted by Crippen LogP contribution is 2.13. The molecule has 3 nitrogen and oxygen atoms in total. The van der Waals surface area contributed by atoms with E-state index in [1.54, 1.807) is 7.11 Å². The second-order valence-electron chi connectivity index (χ2n) is 3.01. The molecule has 0 aromatic carbocycles. The summed E-state index contributed by atoms with van der Waals surface area (Å²) in [7, 11) is 5.85. The Morgan fingerprint density at radius 1 is 1.55 bits per heavy atom. The molecule has 0 aliphatic carbocycles. The number of methoxy groups -OCH3 is 1. The summed E-state index contributed by atoms with van der Waals surface area (Å²) >= 11 is 0. The van der Waals surface area contributed by atoms with Gasteiger partial charge in [-0.05, 0) is 6.92 Å². The van der Waals surface area contributed by atoms with Crippen molar-refractivity contribution in [2.45, 2.75) is 13.2 Å². The fourth-order valence-corrected chi connectivity index (χ4v) is 1.29. The Bertz CT molecular complexity index is 167. The van der Waals surface area contributed by atoms with Crippen molar-refractivity contribution in [1.82, 2.24) is 9.80 Å². The largest absolute Gasteiger partial charge is 0.375 e. The van der Waals surface area contributed by atoms with Crippen molar-refractivity contribution in [3.05, 3.63) is 11.9 Å². The molecule has 0 aromatic rings.